The standard InChI is InChI=1S/C12H8ClFN4O/c1-15-7-19-9-4-2-8(3-5-9)17-11-10(14)6-16-12(13)18-11/h2-6H,7H2,(H,16,17,18). The van der Waals surface area contributed by atoms with E-state index < -0.39 is 5.82 Å². The highest BCUT2D eigenvalue weighted by Gasteiger charge is 2.06. The summed E-state index contributed by atoms with van der Waals surface area (Å²) in [6, 6.07) is 6.67. The fourth-order valence-corrected chi connectivity index (χ4v) is 1.44. The fourth-order valence-electron chi connectivity index (χ4n) is 1.31. The molecule has 0 aliphatic heterocycles. The molecule has 2 aromatic rings. The number of rotatable bonds is 4. The van der Waals surface area contributed by atoms with E-state index in [2.05, 4.69) is 20.1 Å². The van der Waals surface area contributed by atoms with Gasteiger partial charge in [-0.15, -0.1) is 0 Å². The topological polar surface area (TPSA) is 51.4 Å². The molecule has 19 heavy (non-hydrogen) atoms. The minimum atomic E-state index is -0.599. The van der Waals surface area contributed by atoms with E-state index in [1.807, 2.05) is 0 Å². The minimum Gasteiger partial charge on any atom is -0.426 e. The average Bonchev–Trinajstić information content (AvgIpc) is 2.42. The highest BCUT2D eigenvalue weighted by Crippen LogP contribution is 2.21. The molecule has 1 N–H and O–H groups in total. The maximum Gasteiger partial charge on any atom is 0.357 e. The number of nitrogens with zero attached hydrogens (tertiary/aromatic N) is 3. The molecule has 1 heterocycles. The van der Waals surface area contributed by atoms with Gasteiger partial charge in [0.2, 0.25) is 5.28 Å². The van der Waals surface area contributed by atoms with Crippen molar-refractivity contribution in [2.75, 3.05) is 12.0 Å². The quantitative estimate of drug-likeness (QED) is 0.689. The van der Waals surface area contributed by atoms with Crippen molar-refractivity contribution < 1.29 is 9.13 Å². The van der Waals surface area contributed by atoms with Crippen LogP contribution in [0.1, 0.15) is 0 Å². The molecule has 0 saturated carbocycles. The van der Waals surface area contributed by atoms with Crippen molar-refractivity contribution in [1.82, 2.24) is 9.97 Å². The van der Waals surface area contributed by atoms with Crippen molar-refractivity contribution in [2.45, 2.75) is 0 Å². The van der Waals surface area contributed by atoms with Crippen molar-refractivity contribution in [1.29, 1.82) is 0 Å². The Hall–Kier alpha value is -2.39. The summed E-state index contributed by atoms with van der Waals surface area (Å²) in [6.45, 7) is 6.57. The van der Waals surface area contributed by atoms with Crippen molar-refractivity contribution in [3.8, 4) is 5.75 Å². The number of nitrogens with one attached hydrogen (secondary N) is 1. The first-order valence-corrected chi connectivity index (χ1v) is 5.58. The van der Waals surface area contributed by atoms with Gasteiger partial charge in [0.05, 0.1) is 6.20 Å². The van der Waals surface area contributed by atoms with Crippen LogP contribution in [-0.4, -0.2) is 16.7 Å². The van der Waals surface area contributed by atoms with E-state index in [1.54, 1.807) is 24.3 Å². The molecule has 7 heteroatoms. The summed E-state index contributed by atoms with van der Waals surface area (Å²) in [5.74, 6) is -0.0460. The lowest BCUT2D eigenvalue weighted by atomic mass is 10.3. The van der Waals surface area contributed by atoms with Gasteiger partial charge in [0, 0.05) is 5.69 Å². The number of anilines is 2. The van der Waals surface area contributed by atoms with Gasteiger partial charge in [-0.1, -0.05) is 0 Å². The molecule has 0 saturated heterocycles. The van der Waals surface area contributed by atoms with Crippen LogP contribution in [0, 0.1) is 12.4 Å². The highest BCUT2D eigenvalue weighted by atomic mass is 35.5. The number of benzene rings is 1. The lowest BCUT2D eigenvalue weighted by Crippen LogP contribution is -1.99. The van der Waals surface area contributed by atoms with Crippen LogP contribution >= 0.6 is 11.6 Å². The highest BCUT2D eigenvalue weighted by molar-refractivity contribution is 6.28. The van der Waals surface area contributed by atoms with Crippen molar-refractivity contribution in [2.24, 2.45) is 0 Å². The van der Waals surface area contributed by atoms with Crippen molar-refractivity contribution in [3.63, 3.8) is 0 Å². The van der Waals surface area contributed by atoms with Crippen LogP contribution in [0.3, 0.4) is 0 Å². The summed E-state index contributed by atoms with van der Waals surface area (Å²) in [7, 11) is 0. The molecule has 0 bridgehead atoms. The number of hydrogen-bond donors (Lipinski definition) is 1. The molecule has 0 fully saturated rings. The summed E-state index contributed by atoms with van der Waals surface area (Å²) >= 11 is 5.59. The van der Waals surface area contributed by atoms with Crippen LogP contribution in [0.25, 0.3) is 4.85 Å². The zero-order chi connectivity index (χ0) is 13.7. The summed E-state index contributed by atoms with van der Waals surface area (Å²) in [5.41, 5.74) is 0.615. The first kappa shape index (κ1) is 13.1. The predicted octanol–water partition coefficient (Wildman–Crippen LogP) is 3.27. The summed E-state index contributed by atoms with van der Waals surface area (Å²) in [5, 5.41) is 2.73. The second-order valence-electron chi connectivity index (χ2n) is 3.42. The predicted molar refractivity (Wildman–Crippen MR) is 68.8 cm³/mol. The minimum absolute atomic E-state index is 0.00479. The molecule has 2 rings (SSSR count). The van der Waals surface area contributed by atoms with E-state index in [-0.39, 0.29) is 17.8 Å². The Morgan fingerprint density at radius 1 is 1.37 bits per heavy atom. The molecule has 0 unspecified atom stereocenters. The van der Waals surface area contributed by atoms with Gasteiger partial charge in [-0.2, -0.15) is 4.98 Å². The SMILES string of the molecule is [C-]#[N+]COc1ccc(Nc2nc(Cl)ncc2F)cc1. The molecule has 1 aromatic heterocycles. The summed E-state index contributed by atoms with van der Waals surface area (Å²) < 4.78 is 18.5. The Kier molecular flexibility index (Phi) is 4.11. The number of halogens is 2. The van der Waals surface area contributed by atoms with E-state index in [0.29, 0.717) is 11.4 Å². The Bertz CT molecular complexity index is 612. The van der Waals surface area contributed by atoms with Crippen molar-refractivity contribution in [3.05, 3.63) is 53.0 Å². The monoisotopic (exact) mass is 278 g/mol. The van der Waals surface area contributed by atoms with Crippen LogP contribution in [0.5, 0.6) is 5.75 Å². The van der Waals surface area contributed by atoms with Gasteiger partial charge in [0.1, 0.15) is 5.75 Å². The van der Waals surface area contributed by atoms with Gasteiger partial charge in [-0.3, -0.25) is 4.85 Å². The van der Waals surface area contributed by atoms with Crippen LogP contribution in [0.2, 0.25) is 5.28 Å². The lowest BCUT2D eigenvalue weighted by Gasteiger charge is -2.07. The zero-order valence-electron chi connectivity index (χ0n) is 9.60. The molecule has 0 amide bonds. The summed E-state index contributed by atoms with van der Waals surface area (Å²) in [4.78, 5) is 10.3. The van der Waals surface area contributed by atoms with E-state index >= 15 is 0 Å². The van der Waals surface area contributed by atoms with Crippen LogP contribution in [0.4, 0.5) is 15.9 Å². The zero-order valence-corrected chi connectivity index (χ0v) is 10.4. The van der Waals surface area contributed by atoms with Crippen LogP contribution < -0.4 is 10.1 Å². The summed E-state index contributed by atoms with van der Waals surface area (Å²) in [6.07, 6.45) is 0.991. The molecular weight excluding hydrogens is 271 g/mol. The van der Waals surface area contributed by atoms with Gasteiger partial charge in [0.15, 0.2) is 11.6 Å². The molecule has 96 valence electrons. The van der Waals surface area contributed by atoms with Gasteiger partial charge in [0.25, 0.3) is 0 Å². The average molecular weight is 279 g/mol. The molecule has 0 spiro atoms. The first-order chi connectivity index (χ1) is 9.19. The van der Waals surface area contributed by atoms with E-state index in [4.69, 9.17) is 22.9 Å². The molecule has 0 atom stereocenters. The Morgan fingerprint density at radius 3 is 2.79 bits per heavy atom. The largest absolute Gasteiger partial charge is 0.426 e. The molecule has 1 aromatic carbocycles. The van der Waals surface area contributed by atoms with Gasteiger partial charge >= 0.3 is 6.73 Å². The molecular formula is C12H8ClFN4O. The second-order valence-corrected chi connectivity index (χ2v) is 3.75. The van der Waals surface area contributed by atoms with Gasteiger partial charge in [-0.05, 0) is 35.9 Å². The normalized spacial score (nSPS) is 9.74. The lowest BCUT2D eigenvalue weighted by molar-refractivity contribution is 0.361. The maximum atomic E-state index is 13.4. The molecule has 0 aliphatic carbocycles. The Labute approximate surface area is 113 Å². The third-order valence-electron chi connectivity index (χ3n) is 2.13. The van der Waals surface area contributed by atoms with E-state index in [0.717, 1.165) is 6.20 Å². The number of hydrogen-bond acceptors (Lipinski definition) is 4. The van der Waals surface area contributed by atoms with Crippen LogP contribution in [-0.2, 0) is 0 Å². The number of ether oxygens (including phenoxy) is 1. The third kappa shape index (κ3) is 3.53. The van der Waals surface area contributed by atoms with Crippen molar-refractivity contribution >= 4 is 23.1 Å². The first-order valence-electron chi connectivity index (χ1n) is 5.20. The number of aromatic nitrogens is 2. The second kappa shape index (κ2) is 5.98. The van der Waals surface area contributed by atoms with Gasteiger partial charge < -0.3 is 10.1 Å². The van der Waals surface area contributed by atoms with Crippen LogP contribution in [0.15, 0.2) is 30.5 Å². The Balaban J connectivity index is 2.11. The van der Waals surface area contributed by atoms with Gasteiger partial charge in [-0.25, -0.2) is 15.9 Å². The maximum absolute atomic E-state index is 13.4. The Morgan fingerprint density at radius 2 is 2.11 bits per heavy atom. The molecule has 0 aliphatic rings. The fraction of sp³-hybridized carbons (Fsp3) is 0.0833. The molecule has 0 radical (unpaired) electrons. The van der Waals surface area contributed by atoms with E-state index in [9.17, 15) is 4.39 Å². The van der Waals surface area contributed by atoms with E-state index in [1.165, 1.54) is 0 Å². The third-order valence-corrected chi connectivity index (χ3v) is 2.31. The smallest absolute Gasteiger partial charge is 0.357 e. The molecule has 5 nitrogen and oxygen atoms in total.